The summed E-state index contributed by atoms with van der Waals surface area (Å²) in [6, 6.07) is 4.57. The summed E-state index contributed by atoms with van der Waals surface area (Å²) in [7, 11) is 0. The van der Waals surface area contributed by atoms with E-state index in [1.54, 1.807) is 12.1 Å². The monoisotopic (exact) mass is 892 g/mol. The number of fused-ring (bicyclic) bond motifs is 5. The zero-order valence-electron chi connectivity index (χ0n) is 35.5. The van der Waals surface area contributed by atoms with Crippen molar-refractivity contribution in [3.63, 3.8) is 0 Å². The molecule has 3 rings (SSSR count). The van der Waals surface area contributed by atoms with Crippen LogP contribution in [-0.4, -0.2) is 153 Å². The number of hydrogen-bond donors (Lipinski definition) is 15. The lowest BCUT2D eigenvalue weighted by Crippen LogP contribution is -2.73. The number of amides is 6. The minimum atomic E-state index is -0.953. The second-order valence-corrected chi connectivity index (χ2v) is 16.1. The van der Waals surface area contributed by atoms with Gasteiger partial charge in [-0.1, -0.05) is 18.6 Å². The highest BCUT2D eigenvalue weighted by molar-refractivity contribution is 7.80. The molecule has 2 atom stereocenters. The number of primary amides is 1. The Labute approximate surface area is 368 Å². The molecule has 22 heteroatoms. The van der Waals surface area contributed by atoms with Crippen LogP contribution in [0, 0.1) is 0 Å². The maximum atomic E-state index is 13.5. The molecule has 2 saturated heterocycles. The van der Waals surface area contributed by atoms with E-state index in [0.717, 1.165) is 5.56 Å². The molecule has 2 aliphatic heterocycles. The Kier molecular flexibility index (Phi) is 23.5. The molecule has 348 valence electrons. The minimum Gasteiger partial charge on any atom is -0.508 e. The number of thiol groups is 1. The maximum Gasteiger partial charge on any atom is 0.303 e. The number of unbranched alkanes of at least 4 members (excludes halogenated alkanes) is 2. The van der Waals surface area contributed by atoms with Gasteiger partial charge in [0.15, 0.2) is 0 Å². The molecule has 21 nitrogen and oxygen atoms in total. The minimum absolute atomic E-state index is 0.0129. The number of carbonyl (C=O) groups excluding carboxylic acids is 6. The number of phenolic OH excluding ortho intramolecular Hbond substituents is 1. The predicted octanol–water partition coefficient (Wildman–Crippen LogP) is -3.39. The van der Waals surface area contributed by atoms with Crippen LogP contribution in [-0.2, 0) is 40.0 Å². The predicted molar refractivity (Wildman–Crippen MR) is 235 cm³/mol. The second kappa shape index (κ2) is 28.2. The maximum absolute atomic E-state index is 13.5. The molecule has 0 aliphatic carbocycles. The highest BCUT2D eigenvalue weighted by Gasteiger charge is 2.35. The molecule has 0 spiro atoms. The number of carboxylic acid groups (broad SMARTS) is 1. The van der Waals surface area contributed by atoms with E-state index >= 15 is 0 Å². The molecule has 2 fully saturated rings. The van der Waals surface area contributed by atoms with E-state index in [0.29, 0.717) is 91.3 Å². The third kappa shape index (κ3) is 20.5. The third-order valence-corrected chi connectivity index (χ3v) is 10.7. The number of aromatic hydroxyl groups is 1. The Balaban J connectivity index is 1.54. The number of phenols is 1. The second-order valence-electron chi connectivity index (χ2n) is 15.7. The van der Waals surface area contributed by atoms with E-state index in [1.165, 1.54) is 12.1 Å². The van der Waals surface area contributed by atoms with E-state index in [-0.39, 0.29) is 80.6 Å². The van der Waals surface area contributed by atoms with Gasteiger partial charge >= 0.3 is 5.97 Å². The van der Waals surface area contributed by atoms with Gasteiger partial charge in [0.05, 0.1) is 0 Å². The van der Waals surface area contributed by atoms with Crippen LogP contribution in [0.3, 0.4) is 0 Å². The van der Waals surface area contributed by atoms with Gasteiger partial charge in [0.1, 0.15) is 29.2 Å². The van der Waals surface area contributed by atoms with Gasteiger partial charge in [-0.05, 0) is 43.4 Å². The molecule has 1 unspecified atom stereocenters. The molecule has 0 aromatic heterocycles. The SMILES string of the molecule is NC(=O)[C@H](CS)NC(=O)CCCCCNC(=O)C(Cc1ccc(O)cc1)NC(=O)CCCC(=O)N[C@]12CNCCNC[C@](NC(=O)CCCC(=O)O)(CNCCNC1)NCCN2. The molecule has 15 N–H and O–H groups in total. The van der Waals surface area contributed by atoms with Crippen molar-refractivity contribution in [2.45, 2.75) is 94.0 Å². The van der Waals surface area contributed by atoms with Gasteiger partial charge in [0.2, 0.25) is 35.4 Å². The molecule has 2 heterocycles. The van der Waals surface area contributed by atoms with Gasteiger partial charge in [-0.25, -0.2) is 0 Å². The quantitative estimate of drug-likeness (QED) is 0.0377. The Morgan fingerprint density at radius 1 is 0.629 bits per heavy atom. The summed E-state index contributed by atoms with van der Waals surface area (Å²) < 4.78 is 0. The van der Waals surface area contributed by atoms with Gasteiger partial charge in [0, 0.05) is 116 Å². The van der Waals surface area contributed by atoms with Crippen molar-refractivity contribution in [2.24, 2.45) is 5.73 Å². The fraction of sp³-hybridized carbons (Fsp3) is 0.675. The van der Waals surface area contributed by atoms with Gasteiger partial charge < -0.3 is 63.8 Å². The highest BCUT2D eigenvalue weighted by Crippen LogP contribution is 2.13. The van der Waals surface area contributed by atoms with E-state index in [2.05, 4.69) is 71.1 Å². The number of carboxylic acids is 1. The van der Waals surface area contributed by atoms with Crippen molar-refractivity contribution in [2.75, 3.05) is 77.7 Å². The van der Waals surface area contributed by atoms with Crippen LogP contribution < -0.4 is 64.2 Å². The number of hydrogen-bond acceptors (Lipinski definition) is 15. The average Bonchev–Trinajstić information content (AvgIpc) is 3.21. The van der Waals surface area contributed by atoms with Gasteiger partial charge in [0.25, 0.3) is 0 Å². The number of rotatable bonds is 23. The van der Waals surface area contributed by atoms with Crippen LogP contribution in [0.15, 0.2) is 24.3 Å². The van der Waals surface area contributed by atoms with Crippen molar-refractivity contribution in [1.82, 2.24) is 58.5 Å². The van der Waals surface area contributed by atoms with Crippen LogP contribution in [0.5, 0.6) is 5.75 Å². The molecule has 0 radical (unpaired) electrons. The zero-order valence-corrected chi connectivity index (χ0v) is 36.4. The first-order valence-electron chi connectivity index (χ1n) is 21.4. The fourth-order valence-electron chi connectivity index (χ4n) is 7.01. The average molecular weight is 893 g/mol. The summed E-state index contributed by atoms with van der Waals surface area (Å²) in [4.78, 5) is 87.4. The van der Waals surface area contributed by atoms with E-state index < -0.39 is 47.1 Å². The number of aliphatic carboxylic acids is 1. The summed E-state index contributed by atoms with van der Waals surface area (Å²) >= 11 is 4.02. The molecule has 1 aromatic carbocycles. The van der Waals surface area contributed by atoms with Crippen molar-refractivity contribution in [3.05, 3.63) is 29.8 Å². The largest absolute Gasteiger partial charge is 0.508 e. The van der Waals surface area contributed by atoms with Crippen molar-refractivity contribution < 1.29 is 43.8 Å². The lowest BCUT2D eigenvalue weighted by molar-refractivity contribution is -0.137. The van der Waals surface area contributed by atoms with Crippen LogP contribution in [0.1, 0.15) is 69.8 Å². The summed E-state index contributed by atoms with van der Waals surface area (Å²) in [5.74, 6) is -3.09. The lowest BCUT2D eigenvalue weighted by Gasteiger charge is -2.41. The number of nitrogens with two attached hydrogens (primary N) is 1. The molecule has 0 saturated carbocycles. The molecule has 1 aromatic rings. The van der Waals surface area contributed by atoms with Gasteiger partial charge in [-0.3, -0.25) is 44.2 Å². The highest BCUT2D eigenvalue weighted by atomic mass is 32.1. The standard InChI is InChI=1S/C40H68N12O9S/c41-37(60)31(23-62)50-32(54)6-2-1-3-15-46-38(61)30(22-28-11-13-29(53)14-12-28)49-33(55)7-4-8-34(56)51-39-24-42-16-18-44-26-40(48-21-20-47-39,27-45-19-17-43-25-39)52-35(57)9-5-10-36(58)59/h11-14,30-31,42-45,47-48,53,62H,1-10,15-27H2,(H2,41,60)(H,46,61)(H,49,55)(H,50,54)(H,51,56)(H,52,57)(H,58,59)/t30?,31-,39-,40+/m0/s1. The van der Waals surface area contributed by atoms with Crippen molar-refractivity contribution >= 4 is 54.0 Å². The first-order valence-corrected chi connectivity index (χ1v) is 22.1. The third-order valence-electron chi connectivity index (χ3n) is 10.3. The van der Waals surface area contributed by atoms with E-state index in [9.17, 15) is 38.7 Å². The first-order chi connectivity index (χ1) is 29.7. The Bertz CT molecular complexity index is 1590. The van der Waals surface area contributed by atoms with Gasteiger partial charge in [-0.2, -0.15) is 12.6 Å². The first kappa shape index (κ1) is 51.8. The Morgan fingerprint density at radius 3 is 1.58 bits per heavy atom. The fourth-order valence-corrected chi connectivity index (χ4v) is 7.28. The smallest absolute Gasteiger partial charge is 0.303 e. The van der Waals surface area contributed by atoms with Crippen LogP contribution >= 0.6 is 12.6 Å². The van der Waals surface area contributed by atoms with E-state index in [1.807, 2.05) is 0 Å². The number of nitrogens with one attached hydrogen (secondary N) is 11. The van der Waals surface area contributed by atoms with Crippen LogP contribution in [0.4, 0.5) is 0 Å². The summed E-state index contributed by atoms with van der Waals surface area (Å²) in [5, 5.41) is 53.8. The topological polar surface area (TPSA) is 318 Å². The summed E-state index contributed by atoms with van der Waals surface area (Å²) in [6.07, 6.45) is 2.53. The normalized spacial score (nSPS) is 20.8. The van der Waals surface area contributed by atoms with Crippen LogP contribution in [0.25, 0.3) is 0 Å². The zero-order chi connectivity index (χ0) is 45.2. The number of benzene rings is 1. The number of carbonyl (C=O) groups is 7. The molecular weight excluding hydrogens is 825 g/mol. The van der Waals surface area contributed by atoms with Gasteiger partial charge in [-0.15, -0.1) is 0 Å². The van der Waals surface area contributed by atoms with Crippen molar-refractivity contribution in [1.29, 1.82) is 0 Å². The molecule has 62 heavy (non-hydrogen) atoms. The van der Waals surface area contributed by atoms with Crippen LogP contribution in [0.2, 0.25) is 0 Å². The summed E-state index contributed by atoms with van der Waals surface area (Å²) in [5.41, 5.74) is 4.21. The molecular formula is C40H68N12O9S. The molecule has 6 amide bonds. The Morgan fingerprint density at radius 2 is 1.10 bits per heavy atom. The van der Waals surface area contributed by atoms with E-state index in [4.69, 9.17) is 10.8 Å². The summed E-state index contributed by atoms with van der Waals surface area (Å²) in [6.45, 7) is 5.01. The molecule has 2 aliphatic rings. The molecule has 2 bridgehead atoms. The van der Waals surface area contributed by atoms with Crippen molar-refractivity contribution in [3.8, 4) is 5.75 Å². The Hall–Kier alpha value is -4.58. The lowest BCUT2D eigenvalue weighted by atomic mass is 10.0.